The summed E-state index contributed by atoms with van der Waals surface area (Å²) in [6.07, 6.45) is 0.546. The van der Waals surface area contributed by atoms with Gasteiger partial charge >= 0.3 is 11.9 Å². The van der Waals surface area contributed by atoms with Gasteiger partial charge in [-0.1, -0.05) is 24.3 Å². The van der Waals surface area contributed by atoms with Crippen molar-refractivity contribution in [2.24, 2.45) is 0 Å². The van der Waals surface area contributed by atoms with Crippen molar-refractivity contribution in [2.45, 2.75) is 33.4 Å². The molecule has 3 rings (SSSR count). The van der Waals surface area contributed by atoms with Gasteiger partial charge in [-0.2, -0.15) is 0 Å². The fraction of sp³-hybridized carbons (Fsp3) is 0.250. The van der Waals surface area contributed by atoms with E-state index in [-0.39, 0.29) is 6.61 Å². The highest BCUT2D eigenvalue weighted by Gasteiger charge is 2.17. The third-order valence-electron chi connectivity index (χ3n) is 5.14. The van der Waals surface area contributed by atoms with Gasteiger partial charge in [-0.05, 0) is 68.3 Å². The summed E-state index contributed by atoms with van der Waals surface area (Å²) in [7, 11) is 0. The van der Waals surface area contributed by atoms with Gasteiger partial charge in [0, 0.05) is 28.2 Å². The number of aromatic nitrogens is 1. The molecule has 31 heavy (non-hydrogen) atoms. The van der Waals surface area contributed by atoms with Crippen molar-refractivity contribution in [1.82, 2.24) is 4.57 Å². The lowest BCUT2D eigenvalue weighted by Crippen LogP contribution is -2.22. The molecule has 0 fully saturated rings. The highest BCUT2D eigenvalue weighted by atomic mass is 35.5. The van der Waals surface area contributed by atoms with Gasteiger partial charge in [-0.15, -0.1) is 0 Å². The molecule has 0 aliphatic carbocycles. The number of fused-ring (bicyclic) bond motifs is 1. The van der Waals surface area contributed by atoms with Crippen LogP contribution in [0, 0.1) is 13.8 Å². The minimum atomic E-state index is -1.05. The molecule has 2 aromatic carbocycles. The summed E-state index contributed by atoms with van der Waals surface area (Å²) in [6.45, 7) is 9.71. The number of esters is 1. The van der Waals surface area contributed by atoms with Gasteiger partial charge in [0.1, 0.15) is 12.4 Å². The van der Waals surface area contributed by atoms with E-state index in [2.05, 4.69) is 11.1 Å². The number of hydrogen-bond donors (Lipinski definition) is 1. The Morgan fingerprint density at radius 2 is 1.97 bits per heavy atom. The van der Waals surface area contributed by atoms with Crippen molar-refractivity contribution in [3.8, 4) is 5.75 Å². The summed E-state index contributed by atoms with van der Waals surface area (Å²) < 4.78 is 12.7. The van der Waals surface area contributed by atoms with Crippen molar-refractivity contribution in [3.63, 3.8) is 0 Å². The van der Waals surface area contributed by atoms with Crippen LogP contribution in [0.15, 0.2) is 49.1 Å². The molecule has 0 unspecified atom stereocenters. The van der Waals surface area contributed by atoms with E-state index in [4.69, 9.17) is 26.2 Å². The van der Waals surface area contributed by atoms with Gasteiger partial charge in [-0.25, -0.2) is 9.59 Å². The molecule has 0 aliphatic heterocycles. The van der Waals surface area contributed by atoms with E-state index in [9.17, 15) is 9.59 Å². The van der Waals surface area contributed by atoms with Crippen LogP contribution in [0.5, 0.6) is 5.75 Å². The van der Waals surface area contributed by atoms with E-state index in [0.717, 1.165) is 27.7 Å². The molecular formula is C24H24ClNO5. The summed E-state index contributed by atoms with van der Waals surface area (Å²) in [6, 6.07) is 10.7. The number of benzene rings is 2. The van der Waals surface area contributed by atoms with Crippen molar-refractivity contribution in [3.05, 3.63) is 76.5 Å². The quantitative estimate of drug-likeness (QED) is 0.386. The van der Waals surface area contributed by atoms with Crippen LogP contribution in [0.4, 0.5) is 0 Å². The van der Waals surface area contributed by atoms with Crippen molar-refractivity contribution >= 4 is 34.4 Å². The Kier molecular flexibility index (Phi) is 6.71. The number of carboxylic acid groups (broad SMARTS) is 1. The van der Waals surface area contributed by atoms with Crippen LogP contribution < -0.4 is 4.74 Å². The number of ether oxygens (including phenoxy) is 2. The fourth-order valence-corrected chi connectivity index (χ4v) is 3.66. The maximum atomic E-state index is 12.2. The van der Waals surface area contributed by atoms with E-state index in [1.54, 1.807) is 18.2 Å². The third-order valence-corrected chi connectivity index (χ3v) is 5.36. The number of carbonyl (C=O) groups is 2. The van der Waals surface area contributed by atoms with Crippen LogP contribution >= 0.6 is 11.6 Å². The molecule has 1 aromatic heterocycles. The second kappa shape index (κ2) is 9.27. The monoisotopic (exact) mass is 441 g/mol. The predicted octanol–water partition coefficient (Wildman–Crippen LogP) is 5.15. The molecule has 0 amide bonds. The molecule has 162 valence electrons. The Bertz CT molecular complexity index is 1160. The third kappa shape index (κ3) is 4.91. The van der Waals surface area contributed by atoms with Gasteiger partial charge in [0.15, 0.2) is 6.10 Å². The fourth-order valence-electron chi connectivity index (χ4n) is 3.42. The molecule has 1 N–H and O–H groups in total. The number of hydrogen-bond acceptors (Lipinski definition) is 4. The largest absolute Gasteiger partial charge is 0.479 e. The summed E-state index contributed by atoms with van der Waals surface area (Å²) in [5.74, 6) is -1.04. The molecule has 0 radical (unpaired) electrons. The van der Waals surface area contributed by atoms with Crippen LogP contribution in [0.3, 0.4) is 0 Å². The molecule has 6 nitrogen and oxygen atoms in total. The van der Waals surface area contributed by atoms with Crippen LogP contribution in [0.2, 0.25) is 5.02 Å². The Balaban J connectivity index is 1.96. The average molecular weight is 442 g/mol. The first-order chi connectivity index (χ1) is 14.7. The minimum Gasteiger partial charge on any atom is -0.479 e. The zero-order valence-electron chi connectivity index (χ0n) is 17.6. The number of aliphatic carboxylic acids is 1. The smallest absolute Gasteiger partial charge is 0.344 e. The first kappa shape index (κ1) is 22.4. The van der Waals surface area contributed by atoms with Crippen LogP contribution in [-0.4, -0.2) is 34.3 Å². The van der Waals surface area contributed by atoms with Gasteiger partial charge in [-0.3, -0.25) is 0 Å². The zero-order valence-corrected chi connectivity index (χ0v) is 18.4. The standard InChI is InChI=1S/C24H24ClNO5/c1-5-8-30-24(29)18-6-7-22-21(11-18)14(2)15(3)26(22)13-17-9-19(25)12-20(10-17)31-16(4)23(27)28/h5-7,9-12,16H,1,8,13H2,2-4H3,(H,27,28)/t16-/m1/s1. The maximum absolute atomic E-state index is 12.2. The first-order valence-electron chi connectivity index (χ1n) is 9.77. The molecular weight excluding hydrogens is 418 g/mol. The van der Waals surface area contributed by atoms with Crippen LogP contribution in [0.1, 0.15) is 34.1 Å². The average Bonchev–Trinajstić information content (AvgIpc) is 2.95. The van der Waals surface area contributed by atoms with E-state index < -0.39 is 18.0 Å². The molecule has 0 saturated heterocycles. The van der Waals surface area contributed by atoms with Gasteiger partial charge < -0.3 is 19.1 Å². The molecule has 3 aromatic rings. The lowest BCUT2D eigenvalue weighted by Gasteiger charge is -2.14. The summed E-state index contributed by atoms with van der Waals surface area (Å²) >= 11 is 6.24. The minimum absolute atomic E-state index is 0.162. The normalized spacial score (nSPS) is 11.9. The van der Waals surface area contributed by atoms with Crippen molar-refractivity contribution in [1.29, 1.82) is 0 Å². The summed E-state index contributed by atoms with van der Waals surface area (Å²) in [4.78, 5) is 23.3. The Labute approximate surface area is 185 Å². The van der Waals surface area contributed by atoms with Crippen LogP contribution in [-0.2, 0) is 16.1 Å². The Morgan fingerprint density at radius 1 is 1.23 bits per heavy atom. The number of halogens is 1. The highest BCUT2D eigenvalue weighted by Crippen LogP contribution is 2.29. The zero-order chi connectivity index (χ0) is 22.7. The van der Waals surface area contributed by atoms with E-state index in [1.165, 1.54) is 13.0 Å². The number of carbonyl (C=O) groups excluding carboxylic acids is 1. The lowest BCUT2D eigenvalue weighted by molar-refractivity contribution is -0.144. The van der Waals surface area contributed by atoms with E-state index in [0.29, 0.717) is 22.9 Å². The SMILES string of the molecule is C=CCOC(=O)c1ccc2c(c1)c(C)c(C)n2Cc1cc(Cl)cc(O[C@H](C)C(=O)O)c1. The van der Waals surface area contributed by atoms with Crippen LogP contribution in [0.25, 0.3) is 10.9 Å². The van der Waals surface area contributed by atoms with Gasteiger partial charge in [0.2, 0.25) is 0 Å². The Hall–Kier alpha value is -3.25. The number of aryl methyl sites for hydroxylation is 1. The second-order valence-electron chi connectivity index (χ2n) is 7.31. The topological polar surface area (TPSA) is 77.8 Å². The van der Waals surface area contributed by atoms with E-state index in [1.807, 2.05) is 32.0 Å². The number of nitrogens with zero attached hydrogens (tertiary/aromatic N) is 1. The summed E-state index contributed by atoms with van der Waals surface area (Å²) in [5.41, 5.74) is 4.43. The molecule has 1 atom stereocenters. The molecule has 1 heterocycles. The summed E-state index contributed by atoms with van der Waals surface area (Å²) in [5, 5.41) is 10.5. The molecule has 0 spiro atoms. The predicted molar refractivity (Wildman–Crippen MR) is 120 cm³/mol. The van der Waals surface area contributed by atoms with Gasteiger partial charge in [0.25, 0.3) is 0 Å². The van der Waals surface area contributed by atoms with Crippen molar-refractivity contribution in [2.75, 3.05) is 6.61 Å². The van der Waals surface area contributed by atoms with Crippen molar-refractivity contribution < 1.29 is 24.2 Å². The molecule has 0 aliphatic rings. The number of rotatable bonds is 8. The lowest BCUT2D eigenvalue weighted by atomic mass is 10.1. The molecule has 0 saturated carbocycles. The molecule has 7 heteroatoms. The number of carboxylic acids is 1. The highest BCUT2D eigenvalue weighted by molar-refractivity contribution is 6.30. The van der Waals surface area contributed by atoms with E-state index >= 15 is 0 Å². The molecule has 0 bridgehead atoms. The Morgan fingerprint density at radius 3 is 2.65 bits per heavy atom. The second-order valence-corrected chi connectivity index (χ2v) is 7.75. The first-order valence-corrected chi connectivity index (χ1v) is 10.2. The maximum Gasteiger partial charge on any atom is 0.344 e. The van der Waals surface area contributed by atoms with Gasteiger partial charge in [0.05, 0.1) is 5.56 Å².